The molecular formula is C32H34O19. The highest BCUT2D eigenvalue weighted by molar-refractivity contribution is 5.88. The third-order valence-corrected chi connectivity index (χ3v) is 7.79. The lowest BCUT2D eigenvalue weighted by Crippen LogP contribution is -2.62. The molecule has 0 spiro atoms. The molecule has 2 aliphatic heterocycles. The molecule has 1 aromatic heterocycles. The molecule has 19 nitrogen and oxygen atoms in total. The number of benzene rings is 2. The number of phenolic OH excluding ortho intramolecular Hbond substituents is 4. The Kier molecular flexibility index (Phi) is 10.9. The topological polar surface area (TPSA) is 288 Å². The maximum Gasteiger partial charge on any atom is 0.303 e. The van der Waals surface area contributed by atoms with E-state index in [2.05, 4.69) is 0 Å². The van der Waals surface area contributed by atoms with Gasteiger partial charge < -0.3 is 73.3 Å². The predicted molar refractivity (Wildman–Crippen MR) is 164 cm³/mol. The van der Waals surface area contributed by atoms with E-state index >= 15 is 0 Å². The zero-order chi connectivity index (χ0) is 37.3. The van der Waals surface area contributed by atoms with Crippen LogP contribution in [0.15, 0.2) is 39.5 Å². The van der Waals surface area contributed by atoms with Crippen molar-refractivity contribution in [3.05, 3.63) is 40.6 Å². The highest BCUT2D eigenvalue weighted by atomic mass is 16.7. The van der Waals surface area contributed by atoms with Crippen LogP contribution in [0.4, 0.5) is 0 Å². The van der Waals surface area contributed by atoms with Crippen molar-refractivity contribution in [3.8, 4) is 40.1 Å². The van der Waals surface area contributed by atoms with Crippen molar-refractivity contribution < 1.29 is 87.7 Å². The second-order valence-electron chi connectivity index (χ2n) is 11.6. The molecule has 2 aromatic carbocycles. The summed E-state index contributed by atoms with van der Waals surface area (Å²) in [4.78, 5) is 49.2. The van der Waals surface area contributed by atoms with Crippen molar-refractivity contribution in [2.45, 2.75) is 76.1 Å². The second kappa shape index (κ2) is 15.0. The molecule has 2 fully saturated rings. The van der Waals surface area contributed by atoms with Crippen molar-refractivity contribution in [2.24, 2.45) is 0 Å². The summed E-state index contributed by atoms with van der Waals surface area (Å²) in [7, 11) is 0. The summed E-state index contributed by atoms with van der Waals surface area (Å²) in [5, 5.41) is 72.3. The van der Waals surface area contributed by atoms with Gasteiger partial charge in [-0.05, 0) is 18.2 Å². The van der Waals surface area contributed by atoms with E-state index in [1.54, 1.807) is 0 Å². The van der Waals surface area contributed by atoms with Crippen LogP contribution in [-0.4, -0.2) is 122 Å². The van der Waals surface area contributed by atoms with Crippen molar-refractivity contribution in [3.63, 3.8) is 0 Å². The Hall–Kier alpha value is -5.18. The minimum Gasteiger partial charge on any atom is -0.508 e. The molecule has 4 unspecified atom stereocenters. The summed E-state index contributed by atoms with van der Waals surface area (Å²) in [6.45, 7) is 2.14. The van der Waals surface area contributed by atoms with Crippen LogP contribution in [0.2, 0.25) is 0 Å². The third kappa shape index (κ3) is 7.93. The highest BCUT2D eigenvalue weighted by Gasteiger charge is 2.50. The van der Waals surface area contributed by atoms with E-state index < -0.39 is 125 Å². The maximum absolute atomic E-state index is 13.7. The first-order valence-corrected chi connectivity index (χ1v) is 15.2. The Morgan fingerprint density at radius 3 is 2.10 bits per heavy atom. The van der Waals surface area contributed by atoms with Crippen LogP contribution in [0, 0.1) is 0 Å². The molecule has 3 heterocycles. The molecule has 2 saturated heterocycles. The largest absolute Gasteiger partial charge is 0.508 e. The lowest BCUT2D eigenvalue weighted by atomic mass is 9.99. The van der Waals surface area contributed by atoms with E-state index in [4.69, 9.17) is 37.6 Å². The number of phenols is 4. The summed E-state index contributed by atoms with van der Waals surface area (Å²) >= 11 is 0. The number of rotatable bonds is 9. The van der Waals surface area contributed by atoms with E-state index in [0.29, 0.717) is 0 Å². The summed E-state index contributed by atoms with van der Waals surface area (Å²) in [5.74, 6) is -5.92. The van der Waals surface area contributed by atoms with Gasteiger partial charge in [0.25, 0.3) is 0 Å². The number of carbonyl (C=O) groups excluding carboxylic acids is 3. The maximum atomic E-state index is 13.7. The second-order valence-corrected chi connectivity index (χ2v) is 11.6. The van der Waals surface area contributed by atoms with Gasteiger partial charge in [-0.15, -0.1) is 0 Å². The Labute approximate surface area is 286 Å². The number of hydrogen-bond acceptors (Lipinski definition) is 19. The van der Waals surface area contributed by atoms with E-state index in [-0.39, 0.29) is 17.8 Å². The molecule has 9 atom stereocenters. The molecule has 5 rings (SSSR count). The van der Waals surface area contributed by atoms with Crippen LogP contribution >= 0.6 is 0 Å². The van der Waals surface area contributed by atoms with Gasteiger partial charge in [0.15, 0.2) is 41.9 Å². The average Bonchev–Trinajstić information content (AvgIpc) is 3.04. The van der Waals surface area contributed by atoms with Crippen LogP contribution in [0.25, 0.3) is 22.3 Å². The molecule has 0 bridgehead atoms. The lowest BCUT2D eigenvalue weighted by Gasteiger charge is -2.42. The quantitative estimate of drug-likeness (QED) is 0.0843. The summed E-state index contributed by atoms with van der Waals surface area (Å²) in [5.41, 5.74) is -1.44. The first-order chi connectivity index (χ1) is 24.0. The average molecular weight is 723 g/mol. The van der Waals surface area contributed by atoms with Crippen LogP contribution in [-0.2, 0) is 42.8 Å². The number of fused-ring (bicyclic) bond motifs is 1. The van der Waals surface area contributed by atoms with E-state index in [1.165, 1.54) is 6.07 Å². The monoisotopic (exact) mass is 722 g/mol. The van der Waals surface area contributed by atoms with Gasteiger partial charge in [-0.1, -0.05) is 0 Å². The van der Waals surface area contributed by atoms with Crippen molar-refractivity contribution >= 4 is 28.9 Å². The zero-order valence-corrected chi connectivity index (χ0v) is 27.0. The molecule has 0 radical (unpaired) electrons. The minimum absolute atomic E-state index is 0.0618. The predicted octanol–water partition coefficient (Wildman–Crippen LogP) is -0.363. The standard InChI is InChI=1S/C32H34O19/c1-11(33)46-21-10-45-32(30(48-13(3)35)28(21)47-12(2)34)44-9-20-23(40)25(42)26(43)31(50-20)51-29-24(41)22-18(39)7-15(36)8-19(22)49-27(29)14-4-5-16(37)17(38)6-14/h4-8,20-21,23,25-26,28,30-32,36-40,42-43H,9-10H2,1-3H3/t20?,21-,23+,25?,26?,28-,30?,31-,32+/m0/s1. The SMILES string of the molecule is CC(=O)OC1[C@H](OCC2O[C@@H](Oc3c(-c4ccc(O)c(O)c4)oc4cc(O)cc(O)c4c3=O)C(O)C(O)[C@@H]2O)OC[C@H](OC(C)=O)[C@@H]1OC(C)=O. The molecule has 7 N–H and O–H groups in total. The molecule has 2 aliphatic rings. The Morgan fingerprint density at radius 2 is 1.45 bits per heavy atom. The van der Waals surface area contributed by atoms with Crippen molar-refractivity contribution in [1.29, 1.82) is 0 Å². The zero-order valence-electron chi connectivity index (χ0n) is 27.0. The van der Waals surface area contributed by atoms with Gasteiger partial charge in [0.05, 0.1) is 13.2 Å². The van der Waals surface area contributed by atoms with Crippen LogP contribution in [0.1, 0.15) is 20.8 Å². The lowest BCUT2D eigenvalue weighted by molar-refractivity contribution is -0.310. The fraction of sp³-hybridized carbons (Fsp3) is 0.438. The fourth-order valence-electron chi connectivity index (χ4n) is 5.54. The van der Waals surface area contributed by atoms with Crippen LogP contribution < -0.4 is 10.2 Å². The molecule has 276 valence electrons. The van der Waals surface area contributed by atoms with E-state index in [0.717, 1.165) is 45.0 Å². The van der Waals surface area contributed by atoms with E-state index in [1.807, 2.05) is 0 Å². The first kappa shape index (κ1) is 37.1. The smallest absolute Gasteiger partial charge is 0.303 e. The van der Waals surface area contributed by atoms with Crippen LogP contribution in [0.3, 0.4) is 0 Å². The van der Waals surface area contributed by atoms with Gasteiger partial charge in [0, 0.05) is 38.5 Å². The van der Waals surface area contributed by atoms with Gasteiger partial charge >= 0.3 is 17.9 Å². The van der Waals surface area contributed by atoms with Crippen molar-refractivity contribution in [1.82, 2.24) is 0 Å². The number of carbonyl (C=O) groups is 3. The molecule has 3 aromatic rings. The Morgan fingerprint density at radius 1 is 0.784 bits per heavy atom. The highest BCUT2D eigenvalue weighted by Crippen LogP contribution is 2.39. The Balaban J connectivity index is 1.45. The molecule has 19 heteroatoms. The molecule has 51 heavy (non-hydrogen) atoms. The number of aromatic hydroxyl groups is 4. The Bertz CT molecular complexity index is 1850. The molecule has 0 amide bonds. The molecular weight excluding hydrogens is 688 g/mol. The van der Waals surface area contributed by atoms with Crippen LogP contribution in [0.5, 0.6) is 28.7 Å². The van der Waals surface area contributed by atoms with Crippen molar-refractivity contribution in [2.75, 3.05) is 13.2 Å². The third-order valence-electron chi connectivity index (χ3n) is 7.79. The number of aliphatic hydroxyl groups excluding tert-OH is 3. The number of aliphatic hydroxyl groups is 3. The molecule has 0 saturated carbocycles. The van der Waals surface area contributed by atoms with Gasteiger partial charge in [-0.25, -0.2) is 0 Å². The van der Waals surface area contributed by atoms with Gasteiger partial charge in [-0.2, -0.15) is 0 Å². The number of hydrogen-bond donors (Lipinski definition) is 7. The normalized spacial score (nSPS) is 27.8. The van der Waals surface area contributed by atoms with Gasteiger partial charge in [0.2, 0.25) is 17.5 Å². The summed E-state index contributed by atoms with van der Waals surface area (Å²) < 4.78 is 44.3. The number of esters is 3. The minimum atomic E-state index is -2.03. The van der Waals surface area contributed by atoms with E-state index in [9.17, 15) is 54.9 Å². The number of ether oxygens (including phenoxy) is 7. The molecule has 0 aliphatic carbocycles. The summed E-state index contributed by atoms with van der Waals surface area (Å²) in [6.07, 6.45) is -15.0. The van der Waals surface area contributed by atoms with Gasteiger partial charge in [-0.3, -0.25) is 19.2 Å². The van der Waals surface area contributed by atoms with Gasteiger partial charge in [0.1, 0.15) is 46.9 Å². The fourth-order valence-corrected chi connectivity index (χ4v) is 5.54. The summed E-state index contributed by atoms with van der Waals surface area (Å²) in [6, 6.07) is 5.16. The first-order valence-electron chi connectivity index (χ1n) is 15.2.